The van der Waals surface area contributed by atoms with Crippen LogP contribution in [0.4, 0.5) is 0 Å². The summed E-state index contributed by atoms with van der Waals surface area (Å²) in [6.07, 6.45) is 2.61. The Balaban J connectivity index is 1.68. The molecule has 1 unspecified atom stereocenters. The number of ether oxygens (including phenoxy) is 1. The lowest BCUT2D eigenvalue weighted by atomic mass is 9.81. The topological polar surface area (TPSA) is 70.1 Å². The Kier molecular flexibility index (Phi) is 3.92. The molecule has 0 aromatic rings. The van der Waals surface area contributed by atoms with E-state index in [4.69, 9.17) is 4.74 Å². The number of morpholine rings is 1. The number of amides is 1. The van der Waals surface area contributed by atoms with E-state index in [9.17, 15) is 14.7 Å². The van der Waals surface area contributed by atoms with Crippen molar-refractivity contribution in [3.63, 3.8) is 0 Å². The first-order valence-electron chi connectivity index (χ1n) is 7.88. The summed E-state index contributed by atoms with van der Waals surface area (Å²) in [5.74, 6) is -0.512. The Hall–Kier alpha value is -1.14. The fourth-order valence-electron chi connectivity index (χ4n) is 4.19. The zero-order valence-electron chi connectivity index (χ0n) is 12.6. The molecule has 21 heavy (non-hydrogen) atoms. The quantitative estimate of drug-likeness (QED) is 0.817. The molecule has 3 rings (SSSR count). The number of hydrogen-bond donors (Lipinski definition) is 1. The van der Waals surface area contributed by atoms with E-state index in [0.29, 0.717) is 32.7 Å². The molecule has 118 valence electrons. The predicted octanol–water partition coefficient (Wildman–Crippen LogP) is 0.420. The minimum atomic E-state index is -0.723. The van der Waals surface area contributed by atoms with Gasteiger partial charge in [0.15, 0.2) is 0 Å². The van der Waals surface area contributed by atoms with Gasteiger partial charge in [0, 0.05) is 26.2 Å². The van der Waals surface area contributed by atoms with E-state index in [1.54, 1.807) is 4.90 Å². The van der Waals surface area contributed by atoms with Crippen LogP contribution in [0.1, 0.15) is 26.2 Å². The Labute approximate surface area is 125 Å². The van der Waals surface area contributed by atoms with E-state index >= 15 is 0 Å². The number of carboxylic acids is 1. The Morgan fingerprint density at radius 1 is 1.33 bits per heavy atom. The van der Waals surface area contributed by atoms with Crippen molar-refractivity contribution in [3.8, 4) is 0 Å². The molecule has 0 spiro atoms. The molecule has 1 N–H and O–H groups in total. The van der Waals surface area contributed by atoms with Crippen LogP contribution in [-0.2, 0) is 14.3 Å². The molecule has 0 radical (unpaired) electrons. The van der Waals surface area contributed by atoms with Gasteiger partial charge in [0.2, 0.25) is 5.91 Å². The maximum Gasteiger partial charge on any atom is 0.311 e. The molecule has 2 heterocycles. The van der Waals surface area contributed by atoms with Gasteiger partial charge in [-0.3, -0.25) is 14.5 Å². The molecule has 1 amide bonds. The van der Waals surface area contributed by atoms with E-state index in [2.05, 4.69) is 4.90 Å². The highest BCUT2D eigenvalue weighted by Gasteiger charge is 2.56. The molecule has 3 fully saturated rings. The monoisotopic (exact) mass is 296 g/mol. The average molecular weight is 296 g/mol. The highest BCUT2D eigenvalue weighted by molar-refractivity contribution is 5.84. The van der Waals surface area contributed by atoms with Crippen molar-refractivity contribution >= 4 is 11.9 Å². The molecule has 1 aliphatic carbocycles. The fourth-order valence-corrected chi connectivity index (χ4v) is 4.19. The molecule has 2 aliphatic heterocycles. The van der Waals surface area contributed by atoms with Crippen molar-refractivity contribution in [3.05, 3.63) is 0 Å². The van der Waals surface area contributed by atoms with Gasteiger partial charge >= 0.3 is 5.97 Å². The number of nitrogens with zero attached hydrogens (tertiary/aromatic N) is 2. The number of carbonyl (C=O) groups excluding carboxylic acids is 1. The van der Waals surface area contributed by atoms with Crippen LogP contribution < -0.4 is 0 Å². The van der Waals surface area contributed by atoms with Gasteiger partial charge in [-0.05, 0) is 25.7 Å². The Morgan fingerprint density at radius 3 is 2.67 bits per heavy atom. The lowest BCUT2D eigenvalue weighted by Crippen LogP contribution is -2.51. The van der Waals surface area contributed by atoms with Crippen LogP contribution in [0.5, 0.6) is 0 Å². The molecular weight excluding hydrogens is 272 g/mol. The van der Waals surface area contributed by atoms with Gasteiger partial charge in [-0.1, -0.05) is 6.42 Å². The van der Waals surface area contributed by atoms with Crippen molar-refractivity contribution in [1.82, 2.24) is 9.80 Å². The zero-order chi connectivity index (χ0) is 15.0. The van der Waals surface area contributed by atoms with Crippen molar-refractivity contribution in [1.29, 1.82) is 0 Å². The van der Waals surface area contributed by atoms with Crippen LogP contribution in [-0.4, -0.2) is 72.2 Å². The van der Waals surface area contributed by atoms with Crippen LogP contribution in [0.25, 0.3) is 0 Å². The number of rotatable bonds is 3. The number of carbonyl (C=O) groups is 2. The summed E-state index contributed by atoms with van der Waals surface area (Å²) in [7, 11) is 0. The molecule has 0 aromatic carbocycles. The smallest absolute Gasteiger partial charge is 0.311 e. The number of fused-ring (bicyclic) bond motifs is 1. The largest absolute Gasteiger partial charge is 0.481 e. The average Bonchev–Trinajstić information content (AvgIpc) is 3.04. The maximum absolute atomic E-state index is 12.7. The summed E-state index contributed by atoms with van der Waals surface area (Å²) in [5.41, 5.74) is -0.680. The van der Waals surface area contributed by atoms with Crippen molar-refractivity contribution in [2.75, 3.05) is 39.4 Å². The lowest BCUT2D eigenvalue weighted by molar-refractivity contribution is -0.150. The summed E-state index contributed by atoms with van der Waals surface area (Å²) < 4.78 is 5.32. The summed E-state index contributed by atoms with van der Waals surface area (Å²) in [6.45, 7) is 5.80. The zero-order valence-corrected chi connectivity index (χ0v) is 12.6. The third-order valence-corrected chi connectivity index (χ3v) is 5.56. The highest BCUT2D eigenvalue weighted by Crippen LogP contribution is 2.49. The van der Waals surface area contributed by atoms with E-state index in [0.717, 1.165) is 25.9 Å². The molecule has 0 bridgehead atoms. The van der Waals surface area contributed by atoms with E-state index < -0.39 is 11.4 Å². The fraction of sp³-hybridized carbons (Fsp3) is 0.867. The Morgan fingerprint density at radius 2 is 2.05 bits per heavy atom. The molecule has 3 aliphatic rings. The molecular formula is C15H24N2O4. The minimum Gasteiger partial charge on any atom is -0.481 e. The van der Waals surface area contributed by atoms with Crippen LogP contribution in [0.2, 0.25) is 0 Å². The molecule has 3 atom stereocenters. The lowest BCUT2D eigenvalue weighted by Gasteiger charge is -2.34. The van der Waals surface area contributed by atoms with E-state index in [-0.39, 0.29) is 17.9 Å². The van der Waals surface area contributed by atoms with Gasteiger partial charge in [0.05, 0.1) is 24.7 Å². The normalized spacial score (nSPS) is 34.7. The summed E-state index contributed by atoms with van der Waals surface area (Å²) in [4.78, 5) is 28.3. The molecule has 2 saturated heterocycles. The van der Waals surface area contributed by atoms with Crippen molar-refractivity contribution < 1.29 is 19.4 Å². The van der Waals surface area contributed by atoms with Gasteiger partial charge in [0.25, 0.3) is 0 Å². The standard InChI is InChI=1S/C15H24N2O4/c1-11(16-5-7-21-8-6-16)13(18)17-9-12-3-2-4-15(12,10-17)14(19)20/h11-12H,2-10H2,1H3,(H,19,20)/t11?,12-,15+/m0/s1. The van der Waals surface area contributed by atoms with E-state index in [1.165, 1.54) is 0 Å². The number of likely N-dealkylation sites (tertiary alicyclic amines) is 1. The second kappa shape index (κ2) is 5.57. The molecule has 1 saturated carbocycles. The Bertz CT molecular complexity index is 435. The van der Waals surface area contributed by atoms with E-state index in [1.807, 2.05) is 6.92 Å². The van der Waals surface area contributed by atoms with Gasteiger partial charge in [-0.25, -0.2) is 0 Å². The number of aliphatic carboxylic acids is 1. The first-order chi connectivity index (χ1) is 10.0. The number of carboxylic acid groups (broad SMARTS) is 1. The third-order valence-electron chi connectivity index (χ3n) is 5.56. The first-order valence-corrected chi connectivity index (χ1v) is 7.88. The number of hydrogen-bond acceptors (Lipinski definition) is 4. The highest BCUT2D eigenvalue weighted by atomic mass is 16.5. The summed E-state index contributed by atoms with van der Waals surface area (Å²) in [6, 6.07) is -0.182. The van der Waals surface area contributed by atoms with Gasteiger partial charge < -0.3 is 14.7 Å². The second-order valence-electron chi connectivity index (χ2n) is 6.59. The summed E-state index contributed by atoms with van der Waals surface area (Å²) in [5, 5.41) is 9.60. The second-order valence-corrected chi connectivity index (χ2v) is 6.59. The molecule has 6 nitrogen and oxygen atoms in total. The van der Waals surface area contributed by atoms with Crippen LogP contribution in [0, 0.1) is 11.3 Å². The molecule has 0 aromatic heterocycles. The third kappa shape index (κ3) is 2.44. The van der Waals surface area contributed by atoms with Gasteiger partial charge in [0.1, 0.15) is 0 Å². The van der Waals surface area contributed by atoms with Crippen molar-refractivity contribution in [2.24, 2.45) is 11.3 Å². The van der Waals surface area contributed by atoms with Gasteiger partial charge in [-0.15, -0.1) is 0 Å². The van der Waals surface area contributed by atoms with Gasteiger partial charge in [-0.2, -0.15) is 0 Å². The first kappa shape index (κ1) is 14.8. The maximum atomic E-state index is 12.7. The van der Waals surface area contributed by atoms with Crippen LogP contribution in [0.15, 0.2) is 0 Å². The summed E-state index contributed by atoms with van der Waals surface area (Å²) >= 11 is 0. The van der Waals surface area contributed by atoms with Crippen LogP contribution >= 0.6 is 0 Å². The minimum absolute atomic E-state index is 0.0759. The molecule has 6 heteroatoms. The SMILES string of the molecule is CC(C(=O)N1C[C@@H]2CCC[C@@]2(C(=O)O)C1)N1CCOCC1. The van der Waals surface area contributed by atoms with Crippen LogP contribution in [0.3, 0.4) is 0 Å². The predicted molar refractivity (Wildman–Crippen MR) is 75.8 cm³/mol. The van der Waals surface area contributed by atoms with Crippen molar-refractivity contribution in [2.45, 2.75) is 32.2 Å².